The highest BCUT2D eigenvalue weighted by molar-refractivity contribution is 5.94. The maximum absolute atomic E-state index is 11.8. The minimum Gasteiger partial charge on any atom is -0.508 e. The number of carbonyl (C=O) groups is 1. The molecule has 1 aromatic rings. The van der Waals surface area contributed by atoms with Crippen molar-refractivity contribution < 1.29 is 14.6 Å². The molecule has 17 heavy (non-hydrogen) atoms. The van der Waals surface area contributed by atoms with E-state index in [1.54, 1.807) is 19.1 Å². The molecule has 92 valence electrons. The summed E-state index contributed by atoms with van der Waals surface area (Å²) >= 11 is 0. The van der Waals surface area contributed by atoms with Gasteiger partial charge in [-0.2, -0.15) is 0 Å². The van der Waals surface area contributed by atoms with E-state index in [9.17, 15) is 9.90 Å². The first-order valence-corrected chi connectivity index (χ1v) is 5.66. The number of nitrogens with one attached hydrogen (secondary N) is 1. The summed E-state index contributed by atoms with van der Waals surface area (Å²) in [6.07, 6.45) is 0. The molecule has 0 atom stereocenters. The fourth-order valence-corrected chi connectivity index (χ4v) is 1.70. The summed E-state index contributed by atoms with van der Waals surface area (Å²) in [6.45, 7) is 5.84. The molecule has 4 heteroatoms. The molecule has 0 aromatic heterocycles. The summed E-state index contributed by atoms with van der Waals surface area (Å²) < 4.78 is 5.12. The number of phenols is 1. The smallest absolute Gasteiger partial charge is 0.251 e. The highest BCUT2D eigenvalue weighted by Crippen LogP contribution is 2.25. The fraction of sp³-hybridized carbons (Fsp3) is 0.462. The van der Waals surface area contributed by atoms with Gasteiger partial charge in [-0.1, -0.05) is 13.0 Å². The van der Waals surface area contributed by atoms with E-state index < -0.39 is 0 Å². The lowest BCUT2D eigenvalue weighted by molar-refractivity contribution is -0.0978. The van der Waals surface area contributed by atoms with Crippen LogP contribution in [-0.4, -0.2) is 30.8 Å². The molecule has 1 aliphatic rings. The first kappa shape index (κ1) is 11.9. The highest BCUT2D eigenvalue weighted by Gasteiger charge is 2.33. The summed E-state index contributed by atoms with van der Waals surface area (Å²) in [4.78, 5) is 11.8. The highest BCUT2D eigenvalue weighted by atomic mass is 16.5. The Balaban J connectivity index is 1.97. The number of hydrogen-bond acceptors (Lipinski definition) is 3. The summed E-state index contributed by atoms with van der Waals surface area (Å²) in [5, 5.41) is 12.4. The second kappa shape index (κ2) is 4.37. The van der Waals surface area contributed by atoms with Gasteiger partial charge in [0.05, 0.1) is 13.2 Å². The zero-order valence-electron chi connectivity index (χ0n) is 10.1. The van der Waals surface area contributed by atoms with Crippen LogP contribution in [0.4, 0.5) is 0 Å². The summed E-state index contributed by atoms with van der Waals surface area (Å²) in [7, 11) is 0. The zero-order chi connectivity index (χ0) is 12.5. The Labute approximate surface area is 101 Å². The SMILES string of the molecule is Cc1ccc(C(=O)NCC2(C)COC2)cc1O. The predicted octanol–water partition coefficient (Wildman–Crippen LogP) is 1.47. The van der Waals surface area contributed by atoms with E-state index >= 15 is 0 Å². The van der Waals surface area contributed by atoms with Gasteiger partial charge in [-0.25, -0.2) is 0 Å². The molecule has 1 aromatic carbocycles. The molecule has 0 saturated carbocycles. The van der Waals surface area contributed by atoms with E-state index in [1.807, 2.05) is 0 Å². The standard InChI is InChI=1S/C13H17NO3/c1-9-3-4-10(5-11(9)15)12(16)14-6-13(2)7-17-8-13/h3-5,15H,6-8H2,1-2H3,(H,14,16). The Morgan fingerprint density at radius 2 is 2.24 bits per heavy atom. The van der Waals surface area contributed by atoms with Gasteiger partial charge in [-0.15, -0.1) is 0 Å². The van der Waals surface area contributed by atoms with Crippen molar-refractivity contribution in [3.8, 4) is 5.75 Å². The Morgan fingerprint density at radius 3 is 2.76 bits per heavy atom. The minimum absolute atomic E-state index is 0.0579. The van der Waals surface area contributed by atoms with Crippen molar-refractivity contribution in [2.24, 2.45) is 5.41 Å². The number of ether oxygens (including phenoxy) is 1. The van der Waals surface area contributed by atoms with Crippen LogP contribution in [0.1, 0.15) is 22.8 Å². The first-order chi connectivity index (χ1) is 8.00. The second-order valence-corrected chi connectivity index (χ2v) is 4.99. The van der Waals surface area contributed by atoms with Crippen molar-refractivity contribution in [2.75, 3.05) is 19.8 Å². The third-order valence-electron chi connectivity index (χ3n) is 3.05. The molecular weight excluding hydrogens is 218 g/mol. The Morgan fingerprint density at radius 1 is 1.53 bits per heavy atom. The van der Waals surface area contributed by atoms with Crippen LogP contribution in [0.5, 0.6) is 5.75 Å². The molecular formula is C13H17NO3. The van der Waals surface area contributed by atoms with Gasteiger partial charge in [-0.3, -0.25) is 4.79 Å². The third kappa shape index (κ3) is 2.58. The van der Waals surface area contributed by atoms with E-state index in [0.29, 0.717) is 25.3 Å². The summed E-state index contributed by atoms with van der Waals surface area (Å²) in [6, 6.07) is 4.94. The van der Waals surface area contributed by atoms with E-state index in [2.05, 4.69) is 12.2 Å². The lowest BCUT2D eigenvalue weighted by Crippen LogP contribution is -2.48. The number of aromatic hydroxyl groups is 1. The molecule has 0 spiro atoms. The largest absolute Gasteiger partial charge is 0.508 e. The van der Waals surface area contributed by atoms with E-state index in [-0.39, 0.29) is 17.1 Å². The molecule has 1 amide bonds. The number of carbonyl (C=O) groups excluding carboxylic acids is 1. The fourth-order valence-electron chi connectivity index (χ4n) is 1.70. The Hall–Kier alpha value is -1.55. The minimum atomic E-state index is -0.159. The van der Waals surface area contributed by atoms with Crippen LogP contribution in [0, 0.1) is 12.3 Å². The predicted molar refractivity (Wildman–Crippen MR) is 64.1 cm³/mol. The Kier molecular flexibility index (Phi) is 3.07. The third-order valence-corrected chi connectivity index (χ3v) is 3.05. The van der Waals surface area contributed by atoms with Crippen LogP contribution in [0.2, 0.25) is 0 Å². The number of phenolic OH excluding ortho intramolecular Hbond substituents is 1. The first-order valence-electron chi connectivity index (χ1n) is 5.66. The van der Waals surface area contributed by atoms with Gasteiger partial charge in [0.25, 0.3) is 5.91 Å². The molecule has 0 aliphatic carbocycles. The number of benzene rings is 1. The molecule has 1 aliphatic heterocycles. The van der Waals surface area contributed by atoms with Crippen LogP contribution in [0.25, 0.3) is 0 Å². The molecule has 2 N–H and O–H groups in total. The van der Waals surface area contributed by atoms with Crippen LogP contribution < -0.4 is 5.32 Å². The van der Waals surface area contributed by atoms with Crippen molar-refractivity contribution >= 4 is 5.91 Å². The van der Waals surface area contributed by atoms with Crippen molar-refractivity contribution in [1.29, 1.82) is 0 Å². The van der Waals surface area contributed by atoms with Gasteiger partial charge < -0.3 is 15.2 Å². The normalized spacial score (nSPS) is 17.3. The van der Waals surface area contributed by atoms with Gasteiger partial charge in [0, 0.05) is 17.5 Å². The zero-order valence-corrected chi connectivity index (χ0v) is 10.1. The number of hydrogen-bond donors (Lipinski definition) is 2. The van der Waals surface area contributed by atoms with Crippen LogP contribution in [0.3, 0.4) is 0 Å². The van der Waals surface area contributed by atoms with Crippen molar-refractivity contribution in [3.63, 3.8) is 0 Å². The molecule has 0 unspecified atom stereocenters. The molecule has 0 radical (unpaired) electrons. The molecule has 1 heterocycles. The second-order valence-electron chi connectivity index (χ2n) is 4.99. The van der Waals surface area contributed by atoms with E-state index in [4.69, 9.17) is 4.74 Å². The topological polar surface area (TPSA) is 58.6 Å². The summed E-state index contributed by atoms with van der Waals surface area (Å²) in [5.41, 5.74) is 1.31. The molecule has 1 fully saturated rings. The maximum Gasteiger partial charge on any atom is 0.251 e. The number of rotatable bonds is 3. The maximum atomic E-state index is 11.8. The monoisotopic (exact) mass is 235 g/mol. The number of amides is 1. The van der Waals surface area contributed by atoms with Gasteiger partial charge in [0.1, 0.15) is 5.75 Å². The van der Waals surface area contributed by atoms with Crippen molar-refractivity contribution in [1.82, 2.24) is 5.32 Å². The van der Waals surface area contributed by atoms with Gasteiger partial charge >= 0.3 is 0 Å². The Bertz CT molecular complexity index is 438. The molecule has 0 bridgehead atoms. The molecule has 2 rings (SSSR count). The van der Waals surface area contributed by atoms with Gasteiger partial charge in [-0.05, 0) is 24.6 Å². The van der Waals surface area contributed by atoms with E-state index in [1.165, 1.54) is 6.07 Å². The molecule has 1 saturated heterocycles. The lowest BCUT2D eigenvalue weighted by Gasteiger charge is -2.38. The van der Waals surface area contributed by atoms with Crippen LogP contribution in [-0.2, 0) is 4.74 Å². The lowest BCUT2D eigenvalue weighted by atomic mass is 9.88. The average Bonchev–Trinajstić information content (AvgIpc) is 2.27. The molecule has 4 nitrogen and oxygen atoms in total. The van der Waals surface area contributed by atoms with Crippen LogP contribution >= 0.6 is 0 Å². The number of aryl methyl sites for hydroxylation is 1. The average molecular weight is 235 g/mol. The van der Waals surface area contributed by atoms with Crippen LogP contribution in [0.15, 0.2) is 18.2 Å². The summed E-state index contributed by atoms with van der Waals surface area (Å²) in [5.74, 6) is -0.00994. The van der Waals surface area contributed by atoms with Crippen molar-refractivity contribution in [2.45, 2.75) is 13.8 Å². The van der Waals surface area contributed by atoms with Crippen molar-refractivity contribution in [3.05, 3.63) is 29.3 Å². The quantitative estimate of drug-likeness (QED) is 0.834. The van der Waals surface area contributed by atoms with Gasteiger partial charge in [0.2, 0.25) is 0 Å². The van der Waals surface area contributed by atoms with Gasteiger partial charge in [0.15, 0.2) is 0 Å². The van der Waals surface area contributed by atoms with E-state index in [0.717, 1.165) is 5.56 Å².